The lowest BCUT2D eigenvalue weighted by molar-refractivity contribution is -0.141. The van der Waals surface area contributed by atoms with Gasteiger partial charge in [-0.15, -0.1) is 0 Å². The first-order chi connectivity index (χ1) is 13.7. The Hall–Kier alpha value is -2.88. The van der Waals surface area contributed by atoms with Crippen LogP contribution in [0.4, 0.5) is 27.6 Å². The molecule has 1 aromatic heterocycles. The average Bonchev–Trinajstić information content (AvgIpc) is 3.04. The predicted molar refractivity (Wildman–Crippen MR) is 99.4 cm³/mol. The van der Waals surface area contributed by atoms with E-state index in [0.717, 1.165) is 28.5 Å². The van der Waals surface area contributed by atoms with Crippen LogP contribution < -0.4 is 5.32 Å². The third kappa shape index (κ3) is 5.57. The van der Waals surface area contributed by atoms with Crippen LogP contribution in [0.25, 0.3) is 11.3 Å². The van der Waals surface area contributed by atoms with E-state index in [1.807, 2.05) is 0 Å². The minimum absolute atomic E-state index is 0.00379. The molecule has 0 atom stereocenters. The lowest BCUT2D eigenvalue weighted by atomic mass is 10.2. The molecular weight excluding hydrogens is 413 g/mol. The van der Waals surface area contributed by atoms with Crippen molar-refractivity contribution in [1.82, 2.24) is 9.55 Å². The van der Waals surface area contributed by atoms with Crippen LogP contribution in [0.2, 0.25) is 0 Å². The highest BCUT2D eigenvalue weighted by molar-refractivity contribution is 7.99. The van der Waals surface area contributed by atoms with Gasteiger partial charge in [0.1, 0.15) is 18.2 Å². The first-order valence-corrected chi connectivity index (χ1v) is 9.27. The molecule has 0 bridgehead atoms. The number of imidazole rings is 1. The third-order valence-electron chi connectivity index (χ3n) is 3.76. The second-order valence-corrected chi connectivity index (χ2v) is 6.90. The fourth-order valence-corrected chi connectivity index (χ4v) is 3.33. The highest BCUT2D eigenvalue weighted by atomic mass is 32.2. The van der Waals surface area contributed by atoms with Crippen LogP contribution in [-0.2, 0) is 11.3 Å². The molecule has 2 aromatic carbocycles. The molecule has 0 saturated carbocycles. The zero-order valence-electron chi connectivity index (χ0n) is 14.7. The molecule has 0 aliphatic rings. The summed E-state index contributed by atoms with van der Waals surface area (Å²) in [5, 5.41) is 2.25. The number of hydrogen-bond donors (Lipinski definition) is 1. The lowest BCUT2D eigenvalue weighted by Gasteiger charge is -2.14. The molecule has 0 aliphatic carbocycles. The van der Waals surface area contributed by atoms with Crippen molar-refractivity contribution in [3.63, 3.8) is 0 Å². The smallest absolute Gasteiger partial charge is 0.323 e. The zero-order valence-corrected chi connectivity index (χ0v) is 15.5. The second kappa shape index (κ2) is 8.64. The number of halogens is 5. The summed E-state index contributed by atoms with van der Waals surface area (Å²) in [6.45, 7) is -1.27. The van der Waals surface area contributed by atoms with Crippen molar-refractivity contribution in [1.29, 1.82) is 0 Å². The number of thioether (sulfide) groups is 1. The van der Waals surface area contributed by atoms with Gasteiger partial charge in [0.25, 0.3) is 0 Å². The van der Waals surface area contributed by atoms with Crippen molar-refractivity contribution < 1.29 is 26.7 Å². The first kappa shape index (κ1) is 20.8. The summed E-state index contributed by atoms with van der Waals surface area (Å²) in [4.78, 5) is 16.1. The molecule has 3 aromatic rings. The number of hydrogen-bond acceptors (Lipinski definition) is 3. The molecule has 0 radical (unpaired) electrons. The molecule has 3 rings (SSSR count). The second-order valence-electron chi connectivity index (χ2n) is 5.95. The highest BCUT2D eigenvalue weighted by Crippen LogP contribution is 2.30. The van der Waals surface area contributed by atoms with Crippen molar-refractivity contribution in [3.8, 4) is 11.3 Å². The molecule has 10 heteroatoms. The van der Waals surface area contributed by atoms with Crippen LogP contribution in [0.3, 0.4) is 0 Å². The Morgan fingerprint density at radius 2 is 1.83 bits per heavy atom. The van der Waals surface area contributed by atoms with Crippen molar-refractivity contribution in [2.75, 3.05) is 11.1 Å². The number of alkyl halides is 3. The van der Waals surface area contributed by atoms with Crippen LogP contribution in [0.15, 0.2) is 59.9 Å². The van der Waals surface area contributed by atoms with Gasteiger partial charge in [-0.1, -0.05) is 42.1 Å². The normalized spacial score (nSPS) is 11.5. The maximum Gasteiger partial charge on any atom is 0.406 e. The molecular formula is C19H14F5N3OS. The topological polar surface area (TPSA) is 46.9 Å². The number of rotatable bonds is 6. The van der Waals surface area contributed by atoms with E-state index in [2.05, 4.69) is 10.3 Å². The Balaban J connectivity index is 1.76. The van der Waals surface area contributed by atoms with Crippen molar-refractivity contribution >= 4 is 23.4 Å². The van der Waals surface area contributed by atoms with Gasteiger partial charge in [-0.2, -0.15) is 13.2 Å². The Bertz CT molecular complexity index is 1000. The largest absolute Gasteiger partial charge is 0.406 e. The Morgan fingerprint density at radius 3 is 2.48 bits per heavy atom. The van der Waals surface area contributed by atoms with E-state index in [1.165, 1.54) is 6.20 Å². The van der Waals surface area contributed by atoms with Gasteiger partial charge in [-0.3, -0.25) is 4.79 Å². The summed E-state index contributed by atoms with van der Waals surface area (Å²) in [6.07, 6.45) is -3.18. The van der Waals surface area contributed by atoms with E-state index in [0.29, 0.717) is 11.6 Å². The van der Waals surface area contributed by atoms with E-state index in [-0.39, 0.29) is 22.3 Å². The van der Waals surface area contributed by atoms with E-state index in [4.69, 9.17) is 0 Å². The van der Waals surface area contributed by atoms with Gasteiger partial charge < -0.3 is 9.88 Å². The number of carbonyl (C=O) groups excluding carboxylic acids is 1. The predicted octanol–water partition coefficient (Wildman–Crippen LogP) is 5.12. The minimum atomic E-state index is -4.49. The van der Waals surface area contributed by atoms with Gasteiger partial charge in [0.15, 0.2) is 5.16 Å². The first-order valence-electron chi connectivity index (χ1n) is 8.28. The van der Waals surface area contributed by atoms with Gasteiger partial charge in [-0.25, -0.2) is 13.8 Å². The monoisotopic (exact) mass is 427 g/mol. The van der Waals surface area contributed by atoms with Crippen molar-refractivity contribution in [2.45, 2.75) is 17.9 Å². The maximum absolute atomic E-state index is 13.6. The molecule has 4 nitrogen and oxygen atoms in total. The summed E-state index contributed by atoms with van der Waals surface area (Å²) in [6, 6.07) is 11.1. The van der Waals surface area contributed by atoms with Gasteiger partial charge in [0.05, 0.1) is 23.3 Å². The summed E-state index contributed by atoms with van der Waals surface area (Å²) in [5.74, 6) is -2.71. The molecule has 1 N–H and O–H groups in total. The van der Waals surface area contributed by atoms with Gasteiger partial charge in [0.2, 0.25) is 5.91 Å². The van der Waals surface area contributed by atoms with Crippen LogP contribution in [0.1, 0.15) is 0 Å². The molecule has 1 amide bonds. The van der Waals surface area contributed by atoms with Crippen molar-refractivity contribution in [2.24, 2.45) is 0 Å². The molecule has 0 spiro atoms. The van der Waals surface area contributed by atoms with Crippen LogP contribution >= 0.6 is 11.8 Å². The van der Waals surface area contributed by atoms with Crippen LogP contribution in [0, 0.1) is 11.6 Å². The van der Waals surface area contributed by atoms with E-state index in [9.17, 15) is 26.7 Å². The maximum atomic E-state index is 13.6. The molecule has 1 heterocycles. The number of anilines is 1. The molecule has 152 valence electrons. The molecule has 29 heavy (non-hydrogen) atoms. The zero-order chi connectivity index (χ0) is 21.0. The standard InChI is InChI=1S/C19H14F5N3OS/c20-13-6-7-15(14(21)8-13)26-17(28)10-29-18-25-9-16(12-4-2-1-3-5-12)27(18)11-19(22,23)24/h1-9H,10-11H2,(H,26,28). The third-order valence-corrected chi connectivity index (χ3v) is 4.75. The van der Waals surface area contributed by atoms with Gasteiger partial charge in [-0.05, 0) is 17.7 Å². The van der Waals surface area contributed by atoms with Crippen LogP contribution in [-0.4, -0.2) is 27.4 Å². The molecule has 0 aliphatic heterocycles. The number of benzene rings is 2. The quantitative estimate of drug-likeness (QED) is 0.439. The summed E-state index contributed by atoms with van der Waals surface area (Å²) in [7, 11) is 0. The Morgan fingerprint density at radius 1 is 1.10 bits per heavy atom. The molecule has 0 saturated heterocycles. The Kier molecular flexibility index (Phi) is 6.21. The summed E-state index contributed by atoms with van der Waals surface area (Å²) >= 11 is 0.783. The SMILES string of the molecule is O=C(CSc1ncc(-c2ccccc2)n1CC(F)(F)F)Nc1ccc(F)cc1F. The van der Waals surface area contributed by atoms with E-state index >= 15 is 0 Å². The van der Waals surface area contributed by atoms with Gasteiger partial charge in [0, 0.05) is 6.07 Å². The van der Waals surface area contributed by atoms with E-state index < -0.39 is 30.3 Å². The fraction of sp³-hybridized carbons (Fsp3) is 0.158. The number of aromatic nitrogens is 2. The lowest BCUT2D eigenvalue weighted by Crippen LogP contribution is -2.20. The van der Waals surface area contributed by atoms with E-state index in [1.54, 1.807) is 30.3 Å². The van der Waals surface area contributed by atoms with Gasteiger partial charge >= 0.3 is 6.18 Å². The number of nitrogens with zero attached hydrogens (tertiary/aromatic N) is 2. The summed E-state index contributed by atoms with van der Waals surface area (Å²) < 4.78 is 66.7. The number of carbonyl (C=O) groups is 1. The fourth-order valence-electron chi connectivity index (χ4n) is 2.55. The molecule has 0 unspecified atom stereocenters. The Labute approximate surface area is 166 Å². The molecule has 0 fully saturated rings. The van der Waals surface area contributed by atoms with Crippen LogP contribution in [0.5, 0.6) is 0 Å². The van der Waals surface area contributed by atoms with Crippen molar-refractivity contribution in [3.05, 3.63) is 66.4 Å². The summed E-state index contributed by atoms with van der Waals surface area (Å²) in [5.41, 5.74) is 0.588. The number of nitrogens with one attached hydrogen (secondary N) is 1. The highest BCUT2D eigenvalue weighted by Gasteiger charge is 2.31. The minimum Gasteiger partial charge on any atom is -0.323 e. The average molecular weight is 427 g/mol. The number of amides is 1.